The van der Waals surface area contributed by atoms with Crippen molar-refractivity contribution < 1.29 is 8.91 Å². The second-order valence-corrected chi connectivity index (χ2v) is 7.79. The van der Waals surface area contributed by atoms with Crippen LogP contribution in [0.1, 0.15) is 41.6 Å². The van der Waals surface area contributed by atoms with Crippen molar-refractivity contribution in [2.24, 2.45) is 0 Å². The molecule has 1 aliphatic carbocycles. The molecule has 29 heavy (non-hydrogen) atoms. The van der Waals surface area contributed by atoms with Gasteiger partial charge in [-0.1, -0.05) is 28.9 Å². The molecule has 3 heterocycles. The van der Waals surface area contributed by atoms with Crippen molar-refractivity contribution in [3.8, 4) is 0 Å². The number of aromatic nitrogens is 6. The van der Waals surface area contributed by atoms with Gasteiger partial charge in [-0.25, -0.2) is 4.39 Å². The summed E-state index contributed by atoms with van der Waals surface area (Å²) in [6.45, 7) is 1.88. The molecule has 1 aromatic carbocycles. The Bertz CT molecular complexity index is 1260. The van der Waals surface area contributed by atoms with Gasteiger partial charge in [-0.05, 0) is 37.5 Å². The van der Waals surface area contributed by atoms with E-state index in [-0.39, 0.29) is 36.8 Å². The molecule has 0 spiro atoms. The van der Waals surface area contributed by atoms with Crippen LogP contribution in [0, 0.1) is 6.92 Å². The van der Waals surface area contributed by atoms with Gasteiger partial charge in [0.1, 0.15) is 18.5 Å². The maximum atomic E-state index is 15.1. The monoisotopic (exact) mass is 414 g/mol. The molecule has 0 amide bonds. The van der Waals surface area contributed by atoms with Gasteiger partial charge in [-0.2, -0.15) is 10.1 Å². The van der Waals surface area contributed by atoms with E-state index in [1.807, 2.05) is 0 Å². The zero-order chi connectivity index (χ0) is 20.2. The molecule has 0 bridgehead atoms. The molecule has 0 N–H and O–H groups in total. The summed E-state index contributed by atoms with van der Waals surface area (Å²) in [4.78, 5) is 17.0. The highest BCUT2D eigenvalue weighted by Crippen LogP contribution is 2.53. The van der Waals surface area contributed by atoms with Crippen LogP contribution in [0.3, 0.4) is 0 Å². The summed E-state index contributed by atoms with van der Waals surface area (Å²) in [6, 6.07) is 6.77. The zero-order valence-electron chi connectivity index (χ0n) is 15.4. The standard InChI is InChI=1S/C19H16ClFN6O2/c1-11-8-22-27-16(11)18(28)26(10-23-27)9-15-24-17(25-29-15)12-6-19(21,7-12)13-2-4-14(20)5-3-13/h2-5,8,10,12H,6-7,9H2,1H3. The van der Waals surface area contributed by atoms with Crippen molar-refractivity contribution in [1.82, 2.24) is 29.5 Å². The molecule has 0 aliphatic heterocycles. The average Bonchev–Trinajstić information content (AvgIpc) is 3.29. The smallest absolute Gasteiger partial charge is 0.280 e. The van der Waals surface area contributed by atoms with E-state index in [4.69, 9.17) is 16.1 Å². The first-order valence-corrected chi connectivity index (χ1v) is 9.48. The highest BCUT2D eigenvalue weighted by Gasteiger charge is 2.48. The van der Waals surface area contributed by atoms with E-state index in [9.17, 15) is 4.79 Å². The molecule has 0 atom stereocenters. The Hall–Kier alpha value is -3.07. The van der Waals surface area contributed by atoms with E-state index in [0.29, 0.717) is 21.9 Å². The average molecular weight is 415 g/mol. The summed E-state index contributed by atoms with van der Waals surface area (Å²) in [7, 11) is 0. The SMILES string of the molecule is Cc1cnn2ncn(Cc3nc(C4CC(F)(c5ccc(Cl)cc5)C4)no3)c(=O)c12. The van der Waals surface area contributed by atoms with Gasteiger partial charge in [0.05, 0.1) is 6.20 Å². The van der Waals surface area contributed by atoms with Gasteiger partial charge in [-0.15, -0.1) is 9.73 Å². The van der Waals surface area contributed by atoms with Crippen molar-refractivity contribution in [3.63, 3.8) is 0 Å². The number of nitrogens with zero attached hydrogens (tertiary/aromatic N) is 6. The molecule has 1 aliphatic rings. The fourth-order valence-corrected chi connectivity index (χ4v) is 3.83. The second kappa shape index (κ2) is 6.48. The molecule has 0 radical (unpaired) electrons. The Morgan fingerprint density at radius 3 is 2.79 bits per heavy atom. The minimum atomic E-state index is -1.42. The van der Waals surface area contributed by atoms with Crippen molar-refractivity contribution in [3.05, 3.63) is 75.0 Å². The number of hydrogen-bond acceptors (Lipinski definition) is 6. The quantitative estimate of drug-likeness (QED) is 0.509. The van der Waals surface area contributed by atoms with Gasteiger partial charge < -0.3 is 4.52 Å². The molecule has 4 aromatic rings. The van der Waals surface area contributed by atoms with Crippen LogP contribution in [0.4, 0.5) is 4.39 Å². The van der Waals surface area contributed by atoms with E-state index in [1.165, 1.54) is 15.5 Å². The molecule has 1 fully saturated rings. The number of hydrogen-bond donors (Lipinski definition) is 0. The highest BCUT2D eigenvalue weighted by molar-refractivity contribution is 6.30. The molecule has 10 heteroatoms. The summed E-state index contributed by atoms with van der Waals surface area (Å²) < 4.78 is 23.0. The van der Waals surface area contributed by atoms with Crippen molar-refractivity contribution in [1.29, 1.82) is 0 Å². The Balaban J connectivity index is 1.32. The van der Waals surface area contributed by atoms with Crippen molar-refractivity contribution in [2.75, 3.05) is 0 Å². The van der Waals surface area contributed by atoms with Gasteiger partial charge >= 0.3 is 0 Å². The minimum absolute atomic E-state index is 0.0879. The van der Waals surface area contributed by atoms with Crippen molar-refractivity contribution >= 4 is 17.1 Å². The predicted molar refractivity (Wildman–Crippen MR) is 102 cm³/mol. The van der Waals surface area contributed by atoms with Crippen LogP contribution in [-0.2, 0) is 12.2 Å². The third-order valence-electron chi connectivity index (χ3n) is 5.35. The maximum Gasteiger partial charge on any atom is 0.280 e. The summed E-state index contributed by atoms with van der Waals surface area (Å²) in [5.41, 5.74) is 0.0740. The summed E-state index contributed by atoms with van der Waals surface area (Å²) >= 11 is 5.87. The summed E-state index contributed by atoms with van der Waals surface area (Å²) in [5, 5.41) is 12.7. The normalized spacial score (nSPS) is 21.4. The van der Waals surface area contributed by atoms with E-state index < -0.39 is 5.67 Å². The highest BCUT2D eigenvalue weighted by atomic mass is 35.5. The van der Waals surface area contributed by atoms with Gasteiger partial charge in [0.2, 0.25) is 5.89 Å². The first-order valence-electron chi connectivity index (χ1n) is 9.10. The van der Waals surface area contributed by atoms with Crippen LogP contribution < -0.4 is 5.56 Å². The lowest BCUT2D eigenvalue weighted by Crippen LogP contribution is -2.36. The van der Waals surface area contributed by atoms with Gasteiger partial charge in [0.15, 0.2) is 11.3 Å². The third kappa shape index (κ3) is 3.02. The Kier molecular flexibility index (Phi) is 4.02. The van der Waals surface area contributed by atoms with Gasteiger partial charge in [-0.3, -0.25) is 9.36 Å². The van der Waals surface area contributed by atoms with Crippen LogP contribution in [-0.4, -0.2) is 29.5 Å². The van der Waals surface area contributed by atoms with Crippen LogP contribution in [0.15, 0.2) is 46.1 Å². The second-order valence-electron chi connectivity index (χ2n) is 7.35. The number of fused-ring (bicyclic) bond motifs is 1. The lowest BCUT2D eigenvalue weighted by molar-refractivity contribution is 0.0336. The maximum absolute atomic E-state index is 15.1. The van der Waals surface area contributed by atoms with Gasteiger partial charge in [0.25, 0.3) is 5.56 Å². The van der Waals surface area contributed by atoms with Crippen LogP contribution in [0.25, 0.3) is 5.52 Å². The Morgan fingerprint density at radius 1 is 1.28 bits per heavy atom. The molecule has 5 rings (SSSR count). The largest absolute Gasteiger partial charge is 0.337 e. The number of benzene rings is 1. The number of alkyl halides is 1. The van der Waals surface area contributed by atoms with Gasteiger partial charge in [0, 0.05) is 16.5 Å². The van der Waals surface area contributed by atoms with Crippen LogP contribution in [0.2, 0.25) is 5.02 Å². The van der Waals surface area contributed by atoms with Crippen molar-refractivity contribution in [2.45, 2.75) is 37.9 Å². The third-order valence-corrected chi connectivity index (χ3v) is 5.61. The first-order chi connectivity index (χ1) is 13.9. The molecule has 8 nitrogen and oxygen atoms in total. The number of aryl methyl sites for hydroxylation is 1. The molecular formula is C19H16ClFN6O2. The fraction of sp³-hybridized carbons (Fsp3) is 0.316. The lowest BCUT2D eigenvalue weighted by Gasteiger charge is -2.40. The lowest BCUT2D eigenvalue weighted by atomic mass is 9.68. The Morgan fingerprint density at radius 2 is 2.03 bits per heavy atom. The topological polar surface area (TPSA) is 91.1 Å². The molecular weight excluding hydrogens is 399 g/mol. The minimum Gasteiger partial charge on any atom is -0.337 e. The van der Waals surface area contributed by atoms with Crippen LogP contribution in [0.5, 0.6) is 0 Å². The molecule has 0 saturated heterocycles. The van der Waals surface area contributed by atoms with E-state index in [0.717, 1.165) is 5.56 Å². The van der Waals surface area contributed by atoms with E-state index in [2.05, 4.69) is 20.3 Å². The first kappa shape index (κ1) is 18.0. The molecule has 3 aromatic heterocycles. The predicted octanol–water partition coefficient (Wildman–Crippen LogP) is 3.03. The molecule has 1 saturated carbocycles. The van der Waals surface area contributed by atoms with E-state index in [1.54, 1.807) is 37.4 Å². The Labute approximate surface area is 168 Å². The van der Waals surface area contributed by atoms with Crippen LogP contribution >= 0.6 is 11.6 Å². The summed E-state index contributed by atoms with van der Waals surface area (Å²) in [5.74, 6) is 0.584. The fourth-order valence-electron chi connectivity index (χ4n) is 3.70. The zero-order valence-corrected chi connectivity index (χ0v) is 16.2. The molecule has 0 unspecified atom stereocenters. The van der Waals surface area contributed by atoms with E-state index >= 15 is 4.39 Å². The number of halogens is 2. The molecule has 148 valence electrons. The summed E-state index contributed by atoms with van der Waals surface area (Å²) in [6.07, 6.45) is 3.51. The number of rotatable bonds is 4.